The lowest BCUT2D eigenvalue weighted by Gasteiger charge is -2.37. The average molecular weight is 502 g/mol. The summed E-state index contributed by atoms with van der Waals surface area (Å²) >= 11 is 12.6. The third-order valence-corrected chi connectivity index (χ3v) is 6.94. The molecule has 1 heterocycles. The lowest BCUT2D eigenvalue weighted by molar-refractivity contribution is -0.123. The van der Waals surface area contributed by atoms with Crippen LogP contribution >= 0.6 is 23.2 Å². The first-order chi connectivity index (χ1) is 16.1. The molecule has 5 nitrogen and oxygen atoms in total. The van der Waals surface area contributed by atoms with Crippen molar-refractivity contribution in [3.05, 3.63) is 69.7 Å². The van der Waals surface area contributed by atoms with Crippen LogP contribution in [0, 0.1) is 16.7 Å². The molecule has 0 bridgehead atoms. The third-order valence-electron chi connectivity index (χ3n) is 6.45. The van der Waals surface area contributed by atoms with E-state index in [0.717, 1.165) is 11.1 Å². The standard InChI is InChI=1S/C27H33Cl2N3O2/c1-26(2,3)16-22-27(17-30,19-9-11-20(28)12-10-19)23(18-7-6-8-21(29)15-18)24(32-22)25(34)31-13-4-5-14-33/h6-12,15,22-24,32-33H,4-5,13-14,16H2,1-3H3,(H,31,34)/t22-,23+,24+,27-/m0/s1. The first kappa shape index (κ1) is 26.5. The largest absolute Gasteiger partial charge is 0.396 e. The second-order valence-corrected chi connectivity index (χ2v) is 11.1. The van der Waals surface area contributed by atoms with Crippen molar-refractivity contribution in [2.45, 2.75) is 63.5 Å². The van der Waals surface area contributed by atoms with Gasteiger partial charge in [0.1, 0.15) is 5.41 Å². The van der Waals surface area contributed by atoms with Crippen LogP contribution in [0.4, 0.5) is 0 Å². The van der Waals surface area contributed by atoms with Gasteiger partial charge in [-0.15, -0.1) is 0 Å². The van der Waals surface area contributed by atoms with Gasteiger partial charge < -0.3 is 15.7 Å². The fourth-order valence-electron chi connectivity index (χ4n) is 5.02. The minimum absolute atomic E-state index is 0.0857. The zero-order valence-corrected chi connectivity index (χ0v) is 21.5. The summed E-state index contributed by atoms with van der Waals surface area (Å²) in [4.78, 5) is 13.5. The SMILES string of the molecule is CC(C)(C)C[C@@H]1N[C@@H](C(=O)NCCCCO)[C@@H](c2cccc(Cl)c2)[C@@]1(C#N)c1ccc(Cl)cc1. The maximum atomic E-state index is 13.5. The van der Waals surface area contributed by atoms with Crippen LogP contribution in [0.15, 0.2) is 48.5 Å². The van der Waals surface area contributed by atoms with E-state index in [2.05, 4.69) is 37.5 Å². The number of amides is 1. The number of aliphatic hydroxyl groups excluding tert-OH is 1. The Balaban J connectivity index is 2.16. The van der Waals surface area contributed by atoms with Crippen LogP contribution in [-0.4, -0.2) is 36.2 Å². The number of nitrogens with zero attached hydrogens (tertiary/aromatic N) is 1. The predicted octanol–water partition coefficient (Wildman–Crippen LogP) is 5.20. The van der Waals surface area contributed by atoms with E-state index in [1.165, 1.54) is 0 Å². The number of hydrogen-bond donors (Lipinski definition) is 3. The molecule has 2 aromatic rings. The van der Waals surface area contributed by atoms with Gasteiger partial charge in [-0.2, -0.15) is 5.26 Å². The minimum atomic E-state index is -1.02. The molecule has 2 aromatic carbocycles. The van der Waals surface area contributed by atoms with Crippen molar-refractivity contribution in [2.24, 2.45) is 5.41 Å². The van der Waals surface area contributed by atoms with E-state index in [1.807, 2.05) is 30.3 Å². The summed E-state index contributed by atoms with van der Waals surface area (Å²) < 4.78 is 0. The Morgan fingerprint density at radius 1 is 1.15 bits per heavy atom. The van der Waals surface area contributed by atoms with E-state index in [9.17, 15) is 10.1 Å². The third kappa shape index (κ3) is 5.75. The van der Waals surface area contributed by atoms with Crippen LogP contribution < -0.4 is 10.6 Å². The van der Waals surface area contributed by atoms with Gasteiger partial charge in [-0.3, -0.25) is 4.79 Å². The van der Waals surface area contributed by atoms with Crippen LogP contribution in [0.25, 0.3) is 0 Å². The molecule has 0 radical (unpaired) electrons. The van der Waals surface area contributed by atoms with Crippen molar-refractivity contribution in [1.29, 1.82) is 5.26 Å². The smallest absolute Gasteiger partial charge is 0.237 e. The highest BCUT2D eigenvalue weighted by molar-refractivity contribution is 6.30. The van der Waals surface area contributed by atoms with E-state index in [1.54, 1.807) is 18.2 Å². The molecule has 1 saturated heterocycles. The number of rotatable bonds is 8. The molecule has 4 atom stereocenters. The summed E-state index contributed by atoms with van der Waals surface area (Å²) in [5.74, 6) is -0.629. The molecule has 1 fully saturated rings. The van der Waals surface area contributed by atoms with Crippen LogP contribution in [0.3, 0.4) is 0 Å². The van der Waals surface area contributed by atoms with Gasteiger partial charge in [-0.25, -0.2) is 0 Å². The number of aliphatic hydroxyl groups is 1. The Labute approximate surface area is 212 Å². The lowest BCUT2D eigenvalue weighted by Crippen LogP contribution is -2.45. The van der Waals surface area contributed by atoms with Crippen LogP contribution in [-0.2, 0) is 10.2 Å². The topological polar surface area (TPSA) is 85.2 Å². The number of hydrogen-bond acceptors (Lipinski definition) is 4. The Hall–Kier alpha value is -2.10. The molecule has 1 aliphatic heterocycles. The van der Waals surface area contributed by atoms with Crippen molar-refractivity contribution in [1.82, 2.24) is 10.6 Å². The summed E-state index contributed by atoms with van der Waals surface area (Å²) in [7, 11) is 0. The predicted molar refractivity (Wildman–Crippen MR) is 137 cm³/mol. The minimum Gasteiger partial charge on any atom is -0.396 e. The van der Waals surface area contributed by atoms with Crippen molar-refractivity contribution in [2.75, 3.05) is 13.2 Å². The van der Waals surface area contributed by atoms with Gasteiger partial charge in [0.15, 0.2) is 0 Å². The monoisotopic (exact) mass is 501 g/mol. The number of nitriles is 1. The van der Waals surface area contributed by atoms with Crippen LogP contribution in [0.2, 0.25) is 10.0 Å². The zero-order chi connectivity index (χ0) is 24.9. The molecular formula is C27H33Cl2N3O2. The second kappa shape index (κ2) is 11.1. The van der Waals surface area contributed by atoms with Gasteiger partial charge in [-0.1, -0.05) is 68.2 Å². The molecule has 0 unspecified atom stereocenters. The van der Waals surface area contributed by atoms with Crippen molar-refractivity contribution < 1.29 is 9.90 Å². The van der Waals surface area contributed by atoms with Crippen LogP contribution in [0.1, 0.15) is 57.1 Å². The van der Waals surface area contributed by atoms with Crippen molar-refractivity contribution in [3.63, 3.8) is 0 Å². The number of carbonyl (C=O) groups is 1. The maximum Gasteiger partial charge on any atom is 0.237 e. The van der Waals surface area contributed by atoms with E-state index in [-0.39, 0.29) is 24.0 Å². The quantitative estimate of drug-likeness (QED) is 0.433. The molecule has 0 aliphatic carbocycles. The molecule has 0 aromatic heterocycles. The molecule has 3 rings (SSSR count). The number of halogens is 2. The van der Waals surface area contributed by atoms with E-state index in [0.29, 0.717) is 35.9 Å². The summed E-state index contributed by atoms with van der Waals surface area (Å²) in [6, 6.07) is 16.5. The zero-order valence-electron chi connectivity index (χ0n) is 19.9. The van der Waals surface area contributed by atoms with E-state index < -0.39 is 17.4 Å². The molecular weight excluding hydrogens is 469 g/mol. The fourth-order valence-corrected chi connectivity index (χ4v) is 5.34. The maximum absolute atomic E-state index is 13.5. The highest BCUT2D eigenvalue weighted by Crippen LogP contribution is 2.51. The number of nitrogens with one attached hydrogen (secondary N) is 2. The number of unbranched alkanes of at least 4 members (excludes halogenated alkanes) is 1. The van der Waals surface area contributed by atoms with Gasteiger partial charge in [0.25, 0.3) is 0 Å². The Morgan fingerprint density at radius 2 is 1.85 bits per heavy atom. The first-order valence-electron chi connectivity index (χ1n) is 11.7. The second-order valence-electron chi connectivity index (χ2n) is 10.2. The summed E-state index contributed by atoms with van der Waals surface area (Å²) in [5, 5.41) is 27.6. The van der Waals surface area contributed by atoms with Gasteiger partial charge in [0, 0.05) is 35.2 Å². The number of carbonyl (C=O) groups excluding carboxylic acids is 1. The summed E-state index contributed by atoms with van der Waals surface area (Å²) in [6.07, 6.45) is 1.99. The fraction of sp³-hybridized carbons (Fsp3) is 0.481. The molecule has 1 aliphatic rings. The Bertz CT molecular complexity index is 1030. The van der Waals surface area contributed by atoms with Crippen molar-refractivity contribution >= 4 is 29.1 Å². The van der Waals surface area contributed by atoms with Gasteiger partial charge in [-0.05, 0) is 60.1 Å². The average Bonchev–Trinajstić information content (AvgIpc) is 3.10. The molecule has 34 heavy (non-hydrogen) atoms. The Kier molecular flexibility index (Phi) is 8.65. The van der Waals surface area contributed by atoms with Gasteiger partial charge in [0.05, 0.1) is 12.1 Å². The van der Waals surface area contributed by atoms with E-state index >= 15 is 0 Å². The molecule has 182 valence electrons. The summed E-state index contributed by atoms with van der Waals surface area (Å²) in [6.45, 7) is 6.95. The molecule has 1 amide bonds. The van der Waals surface area contributed by atoms with Gasteiger partial charge in [0.2, 0.25) is 5.91 Å². The molecule has 3 N–H and O–H groups in total. The molecule has 0 saturated carbocycles. The van der Waals surface area contributed by atoms with Crippen LogP contribution in [0.5, 0.6) is 0 Å². The molecule has 0 spiro atoms. The van der Waals surface area contributed by atoms with Crippen molar-refractivity contribution in [3.8, 4) is 6.07 Å². The summed E-state index contributed by atoms with van der Waals surface area (Å²) in [5.41, 5.74) is 0.554. The lowest BCUT2D eigenvalue weighted by atomic mass is 9.63. The number of benzene rings is 2. The first-order valence-corrected chi connectivity index (χ1v) is 12.5. The van der Waals surface area contributed by atoms with E-state index in [4.69, 9.17) is 28.3 Å². The Morgan fingerprint density at radius 3 is 2.44 bits per heavy atom. The highest BCUT2D eigenvalue weighted by Gasteiger charge is 2.59. The van der Waals surface area contributed by atoms with Gasteiger partial charge >= 0.3 is 0 Å². The molecule has 7 heteroatoms. The highest BCUT2D eigenvalue weighted by atomic mass is 35.5. The normalized spacial score (nSPS) is 24.6.